The quantitative estimate of drug-likeness (QED) is 0.578. The lowest BCUT2D eigenvalue weighted by atomic mass is 9.84. The summed E-state index contributed by atoms with van der Waals surface area (Å²) >= 11 is 1.34. The molecule has 20 heavy (non-hydrogen) atoms. The van der Waals surface area contributed by atoms with Crippen molar-refractivity contribution in [3.63, 3.8) is 0 Å². The Kier molecular flexibility index (Phi) is 5.22. The Bertz CT molecular complexity index is 514. The van der Waals surface area contributed by atoms with Gasteiger partial charge in [0.1, 0.15) is 0 Å². The Balaban J connectivity index is 2.93. The fraction of sp³-hybridized carbons (Fsp3) is 0.467. The van der Waals surface area contributed by atoms with E-state index < -0.39 is 0 Å². The molecule has 0 atom stereocenters. The molecular weight excluding hydrogens is 268 g/mol. The maximum Gasteiger partial charge on any atom is 0.193 e. The molecule has 0 aliphatic heterocycles. The number of hydrogen-bond acceptors (Lipinski definition) is 2. The summed E-state index contributed by atoms with van der Waals surface area (Å²) in [5.41, 5.74) is 15.8. The third kappa shape index (κ3) is 4.56. The van der Waals surface area contributed by atoms with Crippen molar-refractivity contribution >= 4 is 22.9 Å². The van der Waals surface area contributed by atoms with Gasteiger partial charge in [0.2, 0.25) is 0 Å². The van der Waals surface area contributed by atoms with E-state index in [1.807, 2.05) is 0 Å². The van der Waals surface area contributed by atoms with Crippen LogP contribution in [-0.2, 0) is 11.2 Å². The van der Waals surface area contributed by atoms with Gasteiger partial charge in [-0.2, -0.15) is 4.99 Å². The molecule has 0 saturated carbocycles. The normalized spacial score (nSPS) is 11.2. The summed E-state index contributed by atoms with van der Waals surface area (Å²) in [5.74, 6) is 0.636. The summed E-state index contributed by atoms with van der Waals surface area (Å²) < 4.78 is 0. The predicted octanol–water partition coefficient (Wildman–Crippen LogP) is 3.04. The van der Waals surface area contributed by atoms with Gasteiger partial charge < -0.3 is 11.5 Å². The first kappa shape index (κ1) is 16.6. The van der Waals surface area contributed by atoms with Crippen molar-refractivity contribution in [3.8, 4) is 0 Å². The molecule has 1 rings (SSSR count). The van der Waals surface area contributed by atoms with Crippen molar-refractivity contribution in [3.05, 3.63) is 34.4 Å². The zero-order valence-electron chi connectivity index (χ0n) is 12.9. The van der Waals surface area contributed by atoms with Gasteiger partial charge in [-0.25, -0.2) is 0 Å². The van der Waals surface area contributed by atoms with Crippen LogP contribution in [0.3, 0.4) is 0 Å². The first-order valence-corrected chi connectivity index (χ1v) is 7.51. The number of nitrogens with zero attached hydrogens (tertiary/aromatic N) is 1. The van der Waals surface area contributed by atoms with E-state index >= 15 is 0 Å². The minimum Gasteiger partial charge on any atom is -0.370 e. The van der Waals surface area contributed by atoms with Crippen LogP contribution in [0.2, 0.25) is 0 Å². The van der Waals surface area contributed by atoms with E-state index in [0.717, 1.165) is 0 Å². The van der Waals surface area contributed by atoms with Crippen LogP contribution in [0.4, 0.5) is 0 Å². The zero-order valence-corrected chi connectivity index (χ0v) is 13.7. The maximum atomic E-state index is 7.67. The summed E-state index contributed by atoms with van der Waals surface area (Å²) in [6.07, 6.45) is 0. The fourth-order valence-electron chi connectivity index (χ4n) is 1.94. The van der Waals surface area contributed by atoms with E-state index in [1.165, 1.54) is 34.0 Å². The molecule has 0 spiro atoms. The molecule has 0 saturated heterocycles. The highest BCUT2D eigenvalue weighted by Crippen LogP contribution is 2.28. The number of nitrogens with one attached hydrogen (secondary N) is 1. The van der Waals surface area contributed by atoms with Crippen LogP contribution in [-0.4, -0.2) is 11.1 Å². The average molecular weight is 292 g/mol. The van der Waals surface area contributed by atoms with Gasteiger partial charge in [-0.05, 0) is 41.5 Å². The summed E-state index contributed by atoms with van der Waals surface area (Å²) in [4.78, 5) is 3.73. The number of guanidine groups is 1. The van der Waals surface area contributed by atoms with Gasteiger partial charge >= 0.3 is 0 Å². The third-order valence-electron chi connectivity index (χ3n) is 3.15. The minimum atomic E-state index is -0.0703. The Labute approximate surface area is 125 Å². The van der Waals surface area contributed by atoms with E-state index in [2.05, 4.69) is 51.7 Å². The zero-order chi connectivity index (χ0) is 15.5. The van der Waals surface area contributed by atoms with Gasteiger partial charge in [0.05, 0.1) is 0 Å². The molecule has 0 radical (unpaired) electrons. The molecule has 0 bridgehead atoms. The van der Waals surface area contributed by atoms with Gasteiger partial charge in [0.25, 0.3) is 0 Å². The van der Waals surface area contributed by atoms with Crippen LogP contribution in [0.15, 0.2) is 17.1 Å². The molecular formula is C15H24N4S. The number of hydrogen-bond donors (Lipinski definition) is 3. The van der Waals surface area contributed by atoms with Crippen molar-refractivity contribution in [2.24, 2.45) is 16.5 Å². The molecule has 1 aromatic carbocycles. The lowest BCUT2D eigenvalue weighted by Crippen LogP contribution is -2.23. The Morgan fingerprint density at radius 1 is 1.20 bits per heavy atom. The van der Waals surface area contributed by atoms with Crippen LogP contribution < -0.4 is 11.5 Å². The molecule has 0 heterocycles. The maximum absolute atomic E-state index is 7.67. The van der Waals surface area contributed by atoms with E-state index in [4.69, 9.17) is 16.9 Å². The molecule has 1 aromatic rings. The number of amidine groups is 1. The van der Waals surface area contributed by atoms with Gasteiger partial charge in [-0.3, -0.25) is 5.41 Å². The van der Waals surface area contributed by atoms with Crippen LogP contribution in [0.5, 0.6) is 0 Å². The smallest absolute Gasteiger partial charge is 0.193 e. The van der Waals surface area contributed by atoms with Gasteiger partial charge in [-0.1, -0.05) is 44.7 Å². The van der Waals surface area contributed by atoms with Crippen LogP contribution in [0.25, 0.3) is 0 Å². The largest absolute Gasteiger partial charge is 0.370 e. The van der Waals surface area contributed by atoms with Crippen molar-refractivity contribution < 1.29 is 0 Å². The summed E-state index contributed by atoms with van der Waals surface area (Å²) in [7, 11) is 0. The lowest BCUT2D eigenvalue weighted by molar-refractivity contribution is 0.589. The van der Waals surface area contributed by atoms with Gasteiger partial charge in [0, 0.05) is 5.75 Å². The molecule has 4 nitrogen and oxygen atoms in total. The summed E-state index contributed by atoms with van der Waals surface area (Å²) in [6.45, 7) is 10.9. The van der Waals surface area contributed by atoms with Crippen LogP contribution >= 0.6 is 11.8 Å². The molecule has 5 N–H and O–H groups in total. The molecule has 0 fully saturated rings. The van der Waals surface area contributed by atoms with E-state index in [0.29, 0.717) is 5.75 Å². The number of aryl methyl sites for hydroxylation is 2. The Morgan fingerprint density at radius 2 is 1.70 bits per heavy atom. The minimum absolute atomic E-state index is 0.0703. The highest BCUT2D eigenvalue weighted by molar-refractivity contribution is 8.13. The molecule has 0 amide bonds. The van der Waals surface area contributed by atoms with Crippen molar-refractivity contribution in [1.29, 1.82) is 5.41 Å². The monoisotopic (exact) mass is 292 g/mol. The van der Waals surface area contributed by atoms with Crippen molar-refractivity contribution in [2.45, 2.75) is 45.8 Å². The second kappa shape index (κ2) is 6.31. The summed E-state index contributed by atoms with van der Waals surface area (Å²) in [5, 5.41) is 7.81. The summed E-state index contributed by atoms with van der Waals surface area (Å²) in [6, 6.07) is 4.46. The predicted molar refractivity (Wildman–Crippen MR) is 89.4 cm³/mol. The Morgan fingerprint density at radius 3 is 2.10 bits per heavy atom. The molecule has 0 aliphatic rings. The molecule has 110 valence electrons. The number of aliphatic imine (C=N–C) groups is 1. The van der Waals surface area contributed by atoms with Crippen molar-refractivity contribution in [2.75, 3.05) is 0 Å². The van der Waals surface area contributed by atoms with Crippen molar-refractivity contribution in [1.82, 2.24) is 0 Å². The molecule has 0 aromatic heterocycles. The van der Waals surface area contributed by atoms with E-state index in [1.54, 1.807) is 0 Å². The number of rotatable bonds is 2. The SMILES string of the molecule is Cc1cc(C(C)(C)C)cc(C)c1CSC(=N)N=C(N)N. The first-order chi connectivity index (χ1) is 9.11. The number of thioether (sulfide) groups is 1. The molecule has 0 unspecified atom stereocenters. The highest BCUT2D eigenvalue weighted by Gasteiger charge is 2.16. The highest BCUT2D eigenvalue weighted by atomic mass is 32.2. The molecule has 5 heteroatoms. The third-order valence-corrected chi connectivity index (χ3v) is 3.94. The van der Waals surface area contributed by atoms with Crippen LogP contribution in [0, 0.1) is 19.3 Å². The topological polar surface area (TPSA) is 88.2 Å². The average Bonchev–Trinajstić information content (AvgIpc) is 2.25. The lowest BCUT2D eigenvalue weighted by Gasteiger charge is -2.22. The standard InChI is InChI=1S/C15H24N4S/c1-9-6-11(15(3,4)5)7-10(2)12(9)8-20-14(18)19-13(16)17/h6-7H,8H2,1-5H3,(H5,16,17,18,19). The fourth-order valence-corrected chi connectivity index (χ4v) is 2.85. The van der Waals surface area contributed by atoms with Crippen LogP contribution in [0.1, 0.15) is 43.0 Å². The second-order valence-corrected chi connectivity index (χ2v) is 6.93. The van der Waals surface area contributed by atoms with Gasteiger partial charge in [0.15, 0.2) is 11.1 Å². The second-order valence-electron chi connectivity index (χ2n) is 5.97. The number of nitrogens with two attached hydrogens (primary N) is 2. The first-order valence-electron chi connectivity index (χ1n) is 6.53. The Hall–Kier alpha value is -1.49. The van der Waals surface area contributed by atoms with E-state index in [9.17, 15) is 0 Å². The van der Waals surface area contributed by atoms with Gasteiger partial charge in [-0.15, -0.1) is 0 Å². The van der Waals surface area contributed by atoms with E-state index in [-0.39, 0.29) is 16.5 Å². The molecule has 0 aliphatic carbocycles. The number of benzene rings is 1.